The first-order valence-corrected chi connectivity index (χ1v) is 4.35. The molecule has 0 aromatic rings. The zero-order chi connectivity index (χ0) is 10.4. The van der Waals surface area contributed by atoms with Crippen LogP contribution in [-0.4, -0.2) is 24.4 Å². The van der Waals surface area contributed by atoms with Crippen molar-refractivity contribution in [3.8, 4) is 6.07 Å². The van der Waals surface area contributed by atoms with Gasteiger partial charge in [-0.2, -0.15) is 5.26 Å². The van der Waals surface area contributed by atoms with Crippen LogP contribution in [-0.2, 0) is 4.79 Å². The van der Waals surface area contributed by atoms with Gasteiger partial charge in [-0.1, -0.05) is 20.4 Å². The first-order chi connectivity index (χ1) is 6.04. The van der Waals surface area contributed by atoms with Gasteiger partial charge in [0.2, 0.25) is 5.91 Å². The fourth-order valence-electron chi connectivity index (χ4n) is 0.880. The summed E-state index contributed by atoms with van der Waals surface area (Å²) in [4.78, 5) is 12.9. The third-order valence-electron chi connectivity index (χ3n) is 2.14. The molecule has 0 N–H and O–H groups in total. The van der Waals surface area contributed by atoms with Crippen molar-refractivity contribution < 1.29 is 4.79 Å². The number of hydrogen-bond donors (Lipinski definition) is 0. The van der Waals surface area contributed by atoms with Crippen LogP contribution in [0.1, 0.15) is 20.3 Å². The van der Waals surface area contributed by atoms with Crippen LogP contribution < -0.4 is 0 Å². The van der Waals surface area contributed by atoms with Crippen LogP contribution in [0.4, 0.5) is 0 Å². The second-order valence-electron chi connectivity index (χ2n) is 3.15. The molecule has 0 aliphatic carbocycles. The molecular formula is C10H16N2O. The highest BCUT2D eigenvalue weighted by atomic mass is 16.2. The second kappa shape index (κ2) is 5.36. The van der Waals surface area contributed by atoms with Crippen molar-refractivity contribution in [3.05, 3.63) is 12.2 Å². The smallest absolute Gasteiger partial charge is 0.250 e. The molecule has 0 bridgehead atoms. The lowest BCUT2D eigenvalue weighted by Gasteiger charge is -2.18. The van der Waals surface area contributed by atoms with Crippen molar-refractivity contribution in [2.45, 2.75) is 20.3 Å². The predicted octanol–water partition coefficient (Wildman–Crippen LogP) is 1.57. The first-order valence-electron chi connectivity index (χ1n) is 4.35. The van der Waals surface area contributed by atoms with Crippen molar-refractivity contribution in [3.63, 3.8) is 0 Å². The highest BCUT2D eigenvalue weighted by Gasteiger charge is 2.16. The second-order valence-corrected chi connectivity index (χ2v) is 3.15. The molecule has 1 unspecified atom stereocenters. The monoisotopic (exact) mass is 180 g/mol. The zero-order valence-corrected chi connectivity index (χ0v) is 8.50. The fraction of sp³-hybridized carbons (Fsp3) is 0.600. The van der Waals surface area contributed by atoms with E-state index in [0.29, 0.717) is 5.57 Å². The summed E-state index contributed by atoms with van der Waals surface area (Å²) in [5.74, 6) is 0.0598. The van der Waals surface area contributed by atoms with E-state index in [1.165, 1.54) is 4.90 Å². The van der Waals surface area contributed by atoms with Gasteiger partial charge in [-0.15, -0.1) is 0 Å². The van der Waals surface area contributed by atoms with Crippen molar-refractivity contribution in [1.29, 1.82) is 5.26 Å². The maximum Gasteiger partial charge on any atom is 0.250 e. The molecule has 0 aromatic heterocycles. The van der Waals surface area contributed by atoms with Crippen LogP contribution in [0.3, 0.4) is 0 Å². The summed E-state index contributed by atoms with van der Waals surface area (Å²) in [5.41, 5.74) is 0.584. The molecule has 3 heteroatoms. The van der Waals surface area contributed by atoms with E-state index < -0.39 is 0 Å². The molecule has 0 heterocycles. The Kier molecular flexibility index (Phi) is 4.83. The Morgan fingerprint density at radius 1 is 1.69 bits per heavy atom. The maximum absolute atomic E-state index is 11.5. The Hall–Kier alpha value is -1.30. The van der Waals surface area contributed by atoms with E-state index >= 15 is 0 Å². The van der Waals surface area contributed by atoms with E-state index in [1.807, 2.05) is 19.9 Å². The molecule has 0 rings (SSSR count). The first kappa shape index (κ1) is 11.7. The van der Waals surface area contributed by atoms with Crippen molar-refractivity contribution in [1.82, 2.24) is 4.90 Å². The van der Waals surface area contributed by atoms with Crippen LogP contribution in [0.25, 0.3) is 0 Å². The summed E-state index contributed by atoms with van der Waals surface area (Å²) >= 11 is 0. The number of likely N-dealkylation sites (N-methyl/N-ethyl adjacent to an activating group) is 1. The largest absolute Gasteiger partial charge is 0.329 e. The molecule has 1 atom stereocenters. The third kappa shape index (κ3) is 3.29. The lowest BCUT2D eigenvalue weighted by Crippen LogP contribution is -2.29. The Labute approximate surface area is 79.6 Å². The van der Waals surface area contributed by atoms with E-state index in [-0.39, 0.29) is 18.4 Å². The topological polar surface area (TPSA) is 44.1 Å². The molecule has 0 aliphatic heterocycles. The molecule has 0 aliphatic rings. The van der Waals surface area contributed by atoms with Crippen LogP contribution >= 0.6 is 0 Å². The molecule has 0 saturated heterocycles. The average Bonchev–Trinajstić information content (AvgIpc) is 2.14. The number of rotatable bonds is 4. The van der Waals surface area contributed by atoms with Gasteiger partial charge >= 0.3 is 0 Å². The normalized spacial score (nSPS) is 11.5. The zero-order valence-electron chi connectivity index (χ0n) is 8.50. The Balaban J connectivity index is 4.27. The van der Waals surface area contributed by atoms with E-state index in [1.54, 1.807) is 7.05 Å². The van der Waals surface area contributed by atoms with Crippen LogP contribution in [0.5, 0.6) is 0 Å². The number of carbonyl (C=O) groups excluding carboxylic acids is 1. The van der Waals surface area contributed by atoms with E-state index in [9.17, 15) is 4.79 Å². The molecule has 0 aromatic carbocycles. The minimum absolute atomic E-state index is 0.119. The minimum Gasteiger partial charge on any atom is -0.329 e. The lowest BCUT2D eigenvalue weighted by molar-refractivity contribution is -0.125. The number of hydrogen-bond acceptors (Lipinski definition) is 2. The molecule has 0 saturated carbocycles. The summed E-state index contributed by atoms with van der Waals surface area (Å²) < 4.78 is 0. The van der Waals surface area contributed by atoms with Crippen molar-refractivity contribution in [2.75, 3.05) is 13.6 Å². The van der Waals surface area contributed by atoms with E-state index in [4.69, 9.17) is 5.26 Å². The number of nitrogens with zero attached hydrogens (tertiary/aromatic N) is 2. The molecule has 72 valence electrons. The van der Waals surface area contributed by atoms with Gasteiger partial charge in [0.15, 0.2) is 0 Å². The third-order valence-corrected chi connectivity index (χ3v) is 2.14. The van der Waals surface area contributed by atoms with Crippen LogP contribution in [0.2, 0.25) is 0 Å². The van der Waals surface area contributed by atoms with Crippen molar-refractivity contribution >= 4 is 5.91 Å². The molecule has 0 fully saturated rings. The van der Waals surface area contributed by atoms with Gasteiger partial charge in [0, 0.05) is 12.6 Å². The fourth-order valence-corrected chi connectivity index (χ4v) is 0.880. The van der Waals surface area contributed by atoms with Gasteiger partial charge in [-0.3, -0.25) is 4.79 Å². The minimum atomic E-state index is -0.129. The summed E-state index contributed by atoms with van der Waals surface area (Å²) in [7, 11) is 1.61. The summed E-state index contributed by atoms with van der Waals surface area (Å²) in [6, 6.07) is 1.92. The number of amides is 1. The maximum atomic E-state index is 11.5. The molecule has 13 heavy (non-hydrogen) atoms. The standard InChI is InChI=1S/C10H16N2O/c1-5-8(2)9(3)10(13)12(4)7-6-11/h8H,3,5,7H2,1-2,4H3. The lowest BCUT2D eigenvalue weighted by atomic mass is 9.99. The summed E-state index contributed by atoms with van der Waals surface area (Å²) in [5, 5.41) is 8.39. The molecule has 0 spiro atoms. The van der Waals surface area contributed by atoms with Crippen LogP contribution in [0.15, 0.2) is 12.2 Å². The van der Waals surface area contributed by atoms with Gasteiger partial charge in [0.05, 0.1) is 6.07 Å². The molecule has 0 radical (unpaired) electrons. The van der Waals surface area contributed by atoms with Crippen LogP contribution in [0, 0.1) is 17.2 Å². The van der Waals surface area contributed by atoms with E-state index in [0.717, 1.165) is 6.42 Å². The molecule has 1 amide bonds. The predicted molar refractivity (Wildman–Crippen MR) is 51.8 cm³/mol. The summed E-state index contributed by atoms with van der Waals surface area (Å²) in [6.45, 7) is 7.81. The van der Waals surface area contributed by atoms with Gasteiger partial charge < -0.3 is 4.90 Å². The van der Waals surface area contributed by atoms with E-state index in [2.05, 4.69) is 6.58 Å². The Bertz CT molecular complexity index is 240. The summed E-state index contributed by atoms with van der Waals surface area (Å²) in [6.07, 6.45) is 0.894. The number of carbonyl (C=O) groups is 1. The van der Waals surface area contributed by atoms with Gasteiger partial charge in [-0.25, -0.2) is 0 Å². The number of nitriles is 1. The average molecular weight is 180 g/mol. The quantitative estimate of drug-likeness (QED) is 0.487. The molecular weight excluding hydrogens is 164 g/mol. The Morgan fingerprint density at radius 2 is 2.23 bits per heavy atom. The highest BCUT2D eigenvalue weighted by molar-refractivity contribution is 5.93. The SMILES string of the molecule is C=C(C(=O)N(C)CC#N)C(C)CC. The van der Waals surface area contributed by atoms with Crippen molar-refractivity contribution in [2.24, 2.45) is 5.92 Å². The highest BCUT2D eigenvalue weighted by Crippen LogP contribution is 2.13. The molecule has 3 nitrogen and oxygen atoms in total. The van der Waals surface area contributed by atoms with Gasteiger partial charge in [-0.05, 0) is 12.3 Å². The Morgan fingerprint density at radius 3 is 2.62 bits per heavy atom. The van der Waals surface area contributed by atoms with Gasteiger partial charge in [0.25, 0.3) is 0 Å². The van der Waals surface area contributed by atoms with Gasteiger partial charge in [0.1, 0.15) is 6.54 Å².